The predicted molar refractivity (Wildman–Crippen MR) is 116 cm³/mol. The van der Waals surface area contributed by atoms with Crippen LogP contribution in [0.2, 0.25) is 0 Å². The number of nitrogens with zero attached hydrogens (tertiary/aromatic N) is 3. The van der Waals surface area contributed by atoms with Gasteiger partial charge in [-0.2, -0.15) is 26.3 Å². The number of ether oxygens (including phenoxy) is 2. The number of carbonyl (C=O) groups is 2. The first kappa shape index (κ1) is 30.2. The molecule has 2 fully saturated rings. The molecule has 37 heavy (non-hydrogen) atoms. The molecule has 1 atom stereocenters. The van der Waals surface area contributed by atoms with Gasteiger partial charge in [0.2, 0.25) is 0 Å². The SMILES string of the molecule is Cc1ncsc1CN1CC2(CC(Oc3cccnc3)CCO2)C1.O=C(O)C(F)(F)F.O=C(O)C(F)(F)F. The Kier molecular flexibility index (Phi) is 10.2. The molecule has 0 aromatic carbocycles. The molecule has 4 rings (SSSR count). The van der Waals surface area contributed by atoms with Gasteiger partial charge in [0, 0.05) is 43.5 Å². The Labute approximate surface area is 210 Å². The van der Waals surface area contributed by atoms with Gasteiger partial charge < -0.3 is 19.7 Å². The Morgan fingerprint density at radius 1 is 1.19 bits per heavy atom. The average molecular weight is 559 g/mol. The first-order valence-corrected chi connectivity index (χ1v) is 11.4. The van der Waals surface area contributed by atoms with Crippen LogP contribution in [0.1, 0.15) is 23.4 Å². The Hall–Kier alpha value is -2.98. The van der Waals surface area contributed by atoms with Crippen molar-refractivity contribution in [3.63, 3.8) is 0 Å². The molecule has 1 spiro atoms. The van der Waals surface area contributed by atoms with E-state index < -0.39 is 24.3 Å². The molecule has 0 bridgehead atoms. The minimum absolute atomic E-state index is 0.0241. The highest BCUT2D eigenvalue weighted by Crippen LogP contribution is 2.36. The van der Waals surface area contributed by atoms with E-state index in [9.17, 15) is 26.3 Å². The molecule has 4 heterocycles. The van der Waals surface area contributed by atoms with Gasteiger partial charge >= 0.3 is 24.3 Å². The summed E-state index contributed by atoms with van der Waals surface area (Å²) in [4.78, 5) is 30.0. The second kappa shape index (κ2) is 12.5. The molecule has 0 amide bonds. The molecule has 2 aromatic heterocycles. The molecule has 2 N–H and O–H groups in total. The van der Waals surface area contributed by atoms with Crippen LogP contribution >= 0.6 is 11.3 Å². The van der Waals surface area contributed by atoms with Crippen molar-refractivity contribution in [3.05, 3.63) is 40.6 Å². The molecule has 16 heteroatoms. The highest BCUT2D eigenvalue weighted by molar-refractivity contribution is 7.09. The summed E-state index contributed by atoms with van der Waals surface area (Å²) in [5.74, 6) is -4.66. The van der Waals surface area contributed by atoms with Crippen LogP contribution in [0, 0.1) is 6.92 Å². The van der Waals surface area contributed by atoms with Gasteiger partial charge in [-0.3, -0.25) is 9.88 Å². The van der Waals surface area contributed by atoms with Crippen molar-refractivity contribution in [2.75, 3.05) is 19.7 Å². The molecule has 0 aliphatic carbocycles. The van der Waals surface area contributed by atoms with E-state index in [2.05, 4.69) is 21.8 Å². The van der Waals surface area contributed by atoms with Gasteiger partial charge in [0.15, 0.2) is 0 Å². The average Bonchev–Trinajstić information content (AvgIpc) is 3.17. The molecule has 2 aromatic rings. The Morgan fingerprint density at radius 3 is 2.24 bits per heavy atom. The van der Waals surface area contributed by atoms with Crippen molar-refractivity contribution >= 4 is 23.3 Å². The first-order chi connectivity index (χ1) is 17.1. The van der Waals surface area contributed by atoms with Crippen LogP contribution in [0.15, 0.2) is 30.0 Å². The van der Waals surface area contributed by atoms with Crippen LogP contribution in [0.4, 0.5) is 26.3 Å². The van der Waals surface area contributed by atoms with Crippen molar-refractivity contribution in [3.8, 4) is 5.75 Å². The summed E-state index contributed by atoms with van der Waals surface area (Å²) < 4.78 is 75.6. The summed E-state index contributed by atoms with van der Waals surface area (Å²) in [6.45, 7) is 5.80. The number of halogens is 6. The number of thiazole rings is 1. The first-order valence-electron chi connectivity index (χ1n) is 10.5. The second-order valence-corrected chi connectivity index (χ2v) is 9.00. The summed E-state index contributed by atoms with van der Waals surface area (Å²) in [5, 5.41) is 14.2. The maximum atomic E-state index is 10.6. The molecule has 2 aliphatic rings. The Bertz CT molecular complexity index is 1000. The largest absolute Gasteiger partial charge is 0.490 e. The maximum absolute atomic E-state index is 10.6. The number of carboxylic acid groups (broad SMARTS) is 2. The van der Waals surface area contributed by atoms with Crippen LogP contribution in [0.25, 0.3) is 0 Å². The summed E-state index contributed by atoms with van der Waals surface area (Å²) in [6, 6.07) is 3.88. The number of aryl methyl sites for hydroxylation is 1. The number of aliphatic carboxylic acids is 2. The topological polar surface area (TPSA) is 122 Å². The minimum Gasteiger partial charge on any atom is -0.489 e. The summed E-state index contributed by atoms with van der Waals surface area (Å²) in [5.41, 5.74) is 3.05. The zero-order chi connectivity index (χ0) is 27.9. The molecule has 1 unspecified atom stereocenters. The van der Waals surface area contributed by atoms with Crippen molar-refractivity contribution < 1.29 is 55.6 Å². The molecule has 0 saturated carbocycles. The van der Waals surface area contributed by atoms with Gasteiger partial charge in [-0.15, -0.1) is 11.3 Å². The third-order valence-corrected chi connectivity index (χ3v) is 6.03. The van der Waals surface area contributed by atoms with Gasteiger partial charge in [-0.05, 0) is 19.1 Å². The van der Waals surface area contributed by atoms with E-state index in [1.165, 1.54) is 4.88 Å². The van der Waals surface area contributed by atoms with Crippen LogP contribution in [-0.4, -0.2) is 80.8 Å². The van der Waals surface area contributed by atoms with Crippen LogP contribution in [-0.2, 0) is 20.9 Å². The number of alkyl halides is 6. The highest BCUT2D eigenvalue weighted by atomic mass is 32.1. The number of rotatable bonds is 4. The number of likely N-dealkylation sites (tertiary alicyclic amines) is 1. The molecule has 206 valence electrons. The van der Waals surface area contributed by atoms with Gasteiger partial charge in [-0.25, -0.2) is 14.6 Å². The standard InChI is InChI=1S/C17H21N3O2S.2C2HF3O2/c1-13-16(23-12-19-13)9-20-10-17(11-20)7-14(4-6-21-17)22-15-3-2-5-18-8-15;2*3-2(4,5)1(6)7/h2-3,5,8,12,14H,4,6-7,9-11H2,1H3;2*(H,6,7). The van der Waals surface area contributed by atoms with Crippen LogP contribution in [0.5, 0.6) is 5.75 Å². The number of aromatic nitrogens is 2. The number of hydrogen-bond donors (Lipinski definition) is 2. The molecule has 9 nitrogen and oxygen atoms in total. The zero-order valence-electron chi connectivity index (χ0n) is 19.3. The molecular weight excluding hydrogens is 536 g/mol. The van der Waals surface area contributed by atoms with Crippen LogP contribution < -0.4 is 4.74 Å². The fourth-order valence-corrected chi connectivity index (χ4v) is 4.29. The van der Waals surface area contributed by atoms with Gasteiger partial charge in [-0.1, -0.05) is 0 Å². The van der Waals surface area contributed by atoms with Crippen molar-refractivity contribution in [1.29, 1.82) is 0 Å². The molecular formula is C21H23F6N3O6S. The monoisotopic (exact) mass is 559 g/mol. The van der Waals surface area contributed by atoms with Gasteiger partial charge in [0.25, 0.3) is 0 Å². The van der Waals surface area contributed by atoms with Crippen molar-refractivity contribution in [2.24, 2.45) is 0 Å². The molecule has 2 saturated heterocycles. The summed E-state index contributed by atoms with van der Waals surface area (Å²) >= 11 is 1.74. The number of hydrogen-bond acceptors (Lipinski definition) is 8. The highest BCUT2D eigenvalue weighted by Gasteiger charge is 2.48. The van der Waals surface area contributed by atoms with E-state index in [0.29, 0.717) is 0 Å². The smallest absolute Gasteiger partial charge is 0.489 e. The van der Waals surface area contributed by atoms with E-state index in [1.54, 1.807) is 23.7 Å². The lowest BCUT2D eigenvalue weighted by molar-refractivity contribution is -0.193. The third kappa shape index (κ3) is 9.77. The fraction of sp³-hybridized carbons (Fsp3) is 0.524. The van der Waals surface area contributed by atoms with E-state index in [4.69, 9.17) is 29.3 Å². The quantitative estimate of drug-likeness (QED) is 0.537. The molecule has 2 aliphatic heterocycles. The Balaban J connectivity index is 0.000000286. The number of pyridine rings is 1. The van der Waals surface area contributed by atoms with E-state index in [1.807, 2.05) is 17.6 Å². The summed E-state index contributed by atoms with van der Waals surface area (Å²) in [7, 11) is 0. The lowest BCUT2D eigenvalue weighted by Gasteiger charge is -2.53. The molecule has 0 radical (unpaired) electrons. The van der Waals surface area contributed by atoms with Crippen molar-refractivity contribution in [2.45, 2.75) is 50.4 Å². The summed E-state index contributed by atoms with van der Waals surface area (Å²) in [6.07, 6.45) is -4.49. The minimum atomic E-state index is -5.08. The fourth-order valence-electron chi connectivity index (χ4n) is 3.47. The van der Waals surface area contributed by atoms with E-state index in [-0.39, 0.29) is 11.7 Å². The Morgan fingerprint density at radius 2 is 1.78 bits per heavy atom. The second-order valence-electron chi connectivity index (χ2n) is 8.06. The predicted octanol–water partition coefficient (Wildman–Crippen LogP) is 3.93. The van der Waals surface area contributed by atoms with Gasteiger partial charge in [0.05, 0.1) is 29.6 Å². The van der Waals surface area contributed by atoms with Crippen molar-refractivity contribution in [1.82, 2.24) is 14.9 Å². The lowest BCUT2D eigenvalue weighted by atomic mass is 9.84. The number of carboxylic acids is 2. The normalized spacial score (nSPS) is 18.9. The zero-order valence-corrected chi connectivity index (χ0v) is 20.1. The van der Waals surface area contributed by atoms with E-state index >= 15 is 0 Å². The van der Waals surface area contributed by atoms with Gasteiger partial charge in [0.1, 0.15) is 11.9 Å². The maximum Gasteiger partial charge on any atom is 0.490 e. The lowest BCUT2D eigenvalue weighted by Crippen LogP contribution is -2.65. The van der Waals surface area contributed by atoms with Crippen LogP contribution in [0.3, 0.4) is 0 Å². The third-order valence-electron chi connectivity index (χ3n) is 5.11. The van der Waals surface area contributed by atoms with E-state index in [0.717, 1.165) is 50.5 Å².